The molecule has 4 nitrogen and oxygen atoms in total. The predicted octanol–water partition coefficient (Wildman–Crippen LogP) is 1.89. The van der Waals surface area contributed by atoms with Crippen LogP contribution in [-0.2, 0) is 0 Å². The molecule has 0 radical (unpaired) electrons. The highest BCUT2D eigenvalue weighted by Crippen LogP contribution is 2.10. The molecule has 0 amide bonds. The first-order valence-corrected chi connectivity index (χ1v) is 4.98. The molecule has 0 aliphatic rings. The normalized spacial score (nSPS) is 10.1. The molecule has 0 saturated carbocycles. The van der Waals surface area contributed by atoms with Gasteiger partial charge in [0.25, 0.3) is 5.56 Å². The van der Waals surface area contributed by atoms with Crippen LogP contribution in [0.3, 0.4) is 0 Å². The largest absolute Gasteiger partial charge is 0.491 e. The van der Waals surface area contributed by atoms with E-state index in [4.69, 9.17) is 16.3 Å². The third kappa shape index (κ3) is 1.92. The van der Waals surface area contributed by atoms with E-state index in [0.717, 1.165) is 0 Å². The number of hydrogen-bond acceptors (Lipinski definition) is 3. The number of nitrogens with zero attached hydrogens (tertiary/aromatic N) is 2. The number of aromatic nitrogens is 2. The van der Waals surface area contributed by atoms with Crippen LogP contribution in [-0.4, -0.2) is 16.7 Å². The van der Waals surface area contributed by atoms with E-state index in [-0.39, 0.29) is 11.3 Å². The van der Waals surface area contributed by atoms with Crippen molar-refractivity contribution in [3.8, 4) is 11.4 Å². The van der Waals surface area contributed by atoms with Crippen LogP contribution in [0.25, 0.3) is 5.69 Å². The SMILES string of the molecule is COc1cccn(-c2ccc(Cl)nc2)c1=O. The topological polar surface area (TPSA) is 44.1 Å². The van der Waals surface area contributed by atoms with Crippen molar-refractivity contribution in [2.45, 2.75) is 0 Å². The summed E-state index contributed by atoms with van der Waals surface area (Å²) in [5, 5.41) is 0.389. The lowest BCUT2D eigenvalue weighted by molar-refractivity contribution is 0.406. The molecule has 0 aliphatic heterocycles. The van der Waals surface area contributed by atoms with Crippen LogP contribution in [0.5, 0.6) is 5.75 Å². The fraction of sp³-hybridized carbons (Fsp3) is 0.0909. The molecule has 82 valence electrons. The molecule has 2 aromatic heterocycles. The average Bonchev–Trinajstić information content (AvgIpc) is 2.31. The van der Waals surface area contributed by atoms with Gasteiger partial charge < -0.3 is 4.74 Å². The minimum absolute atomic E-state index is 0.228. The Morgan fingerprint density at radius 2 is 2.19 bits per heavy atom. The second-order valence-corrected chi connectivity index (χ2v) is 3.48. The molecule has 2 rings (SSSR count). The molecule has 2 aromatic rings. The van der Waals surface area contributed by atoms with Crippen LogP contribution in [0.15, 0.2) is 41.5 Å². The lowest BCUT2D eigenvalue weighted by Gasteiger charge is -2.06. The summed E-state index contributed by atoms with van der Waals surface area (Å²) in [4.78, 5) is 15.8. The van der Waals surface area contributed by atoms with Gasteiger partial charge in [-0.05, 0) is 24.3 Å². The monoisotopic (exact) mass is 236 g/mol. The quantitative estimate of drug-likeness (QED) is 0.748. The fourth-order valence-electron chi connectivity index (χ4n) is 1.34. The van der Waals surface area contributed by atoms with Gasteiger partial charge in [-0.25, -0.2) is 4.98 Å². The predicted molar refractivity (Wildman–Crippen MR) is 61.4 cm³/mol. The number of pyridine rings is 2. The highest BCUT2D eigenvalue weighted by molar-refractivity contribution is 6.29. The van der Waals surface area contributed by atoms with Crippen molar-refractivity contribution >= 4 is 11.6 Å². The Hall–Kier alpha value is -1.81. The first-order valence-electron chi connectivity index (χ1n) is 4.60. The number of rotatable bonds is 2. The summed E-state index contributed by atoms with van der Waals surface area (Å²) in [6, 6.07) is 6.69. The molecule has 0 N–H and O–H groups in total. The molecule has 0 saturated heterocycles. The third-order valence-electron chi connectivity index (χ3n) is 2.12. The first-order chi connectivity index (χ1) is 7.72. The van der Waals surface area contributed by atoms with Gasteiger partial charge in [0.05, 0.1) is 19.0 Å². The number of ether oxygens (including phenoxy) is 1. The second-order valence-electron chi connectivity index (χ2n) is 3.09. The molecule has 0 spiro atoms. The van der Waals surface area contributed by atoms with E-state index < -0.39 is 0 Å². The summed E-state index contributed by atoms with van der Waals surface area (Å²) < 4.78 is 6.40. The molecule has 0 aliphatic carbocycles. The average molecular weight is 237 g/mol. The molecule has 0 bridgehead atoms. The zero-order valence-corrected chi connectivity index (χ0v) is 9.31. The maximum absolute atomic E-state index is 11.9. The zero-order valence-electron chi connectivity index (χ0n) is 8.55. The van der Waals surface area contributed by atoms with Gasteiger partial charge in [0, 0.05) is 6.20 Å². The number of hydrogen-bond donors (Lipinski definition) is 0. The smallest absolute Gasteiger partial charge is 0.297 e. The number of halogens is 1. The van der Waals surface area contributed by atoms with Crippen LogP contribution < -0.4 is 10.3 Å². The summed E-state index contributed by atoms with van der Waals surface area (Å²) in [6.07, 6.45) is 3.18. The van der Waals surface area contributed by atoms with Crippen molar-refractivity contribution in [2.24, 2.45) is 0 Å². The molecule has 2 heterocycles. The molecular formula is C11H9ClN2O2. The standard InChI is InChI=1S/C11H9ClN2O2/c1-16-9-3-2-6-14(11(9)15)8-4-5-10(12)13-7-8/h2-7H,1H3. The highest BCUT2D eigenvalue weighted by atomic mass is 35.5. The summed E-state index contributed by atoms with van der Waals surface area (Å²) >= 11 is 5.67. The maximum Gasteiger partial charge on any atom is 0.297 e. The molecule has 0 fully saturated rings. The lowest BCUT2D eigenvalue weighted by atomic mass is 10.3. The summed E-state index contributed by atoms with van der Waals surface area (Å²) in [5.74, 6) is 0.289. The third-order valence-corrected chi connectivity index (χ3v) is 2.35. The Morgan fingerprint density at radius 1 is 1.38 bits per heavy atom. The Morgan fingerprint density at radius 3 is 2.81 bits per heavy atom. The fourth-order valence-corrected chi connectivity index (χ4v) is 1.46. The van der Waals surface area contributed by atoms with Gasteiger partial charge in [0.2, 0.25) is 0 Å². The van der Waals surface area contributed by atoms with E-state index in [2.05, 4.69) is 4.98 Å². The molecule has 0 atom stereocenters. The second kappa shape index (κ2) is 4.37. The van der Waals surface area contributed by atoms with Gasteiger partial charge in [-0.2, -0.15) is 0 Å². The Bertz CT molecular complexity index is 549. The minimum Gasteiger partial charge on any atom is -0.491 e. The van der Waals surface area contributed by atoms with Crippen LogP contribution in [0.4, 0.5) is 0 Å². The molecular weight excluding hydrogens is 228 g/mol. The van der Waals surface area contributed by atoms with Gasteiger partial charge >= 0.3 is 0 Å². The van der Waals surface area contributed by atoms with Crippen molar-refractivity contribution in [2.75, 3.05) is 7.11 Å². The maximum atomic E-state index is 11.9. The molecule has 0 unspecified atom stereocenters. The van der Waals surface area contributed by atoms with E-state index in [1.54, 1.807) is 30.5 Å². The van der Waals surface area contributed by atoms with Crippen molar-refractivity contribution < 1.29 is 4.74 Å². The molecule has 5 heteroatoms. The summed E-state index contributed by atoms with van der Waals surface area (Å²) in [5.41, 5.74) is 0.419. The Labute approximate surface area is 97.1 Å². The first kappa shape index (κ1) is 10.7. The van der Waals surface area contributed by atoms with Gasteiger partial charge in [-0.3, -0.25) is 9.36 Å². The van der Waals surface area contributed by atoms with Crippen molar-refractivity contribution in [1.29, 1.82) is 0 Å². The van der Waals surface area contributed by atoms with Crippen molar-refractivity contribution in [3.63, 3.8) is 0 Å². The minimum atomic E-state index is -0.228. The zero-order chi connectivity index (χ0) is 11.5. The number of methoxy groups -OCH3 is 1. The van der Waals surface area contributed by atoms with Gasteiger partial charge in [0.1, 0.15) is 5.15 Å². The van der Waals surface area contributed by atoms with E-state index in [0.29, 0.717) is 10.8 Å². The summed E-state index contributed by atoms with van der Waals surface area (Å²) in [7, 11) is 1.46. The van der Waals surface area contributed by atoms with Crippen molar-refractivity contribution in [3.05, 3.63) is 52.2 Å². The van der Waals surface area contributed by atoms with Crippen LogP contribution >= 0.6 is 11.6 Å². The van der Waals surface area contributed by atoms with E-state index in [9.17, 15) is 4.79 Å². The Kier molecular flexibility index (Phi) is 2.92. The van der Waals surface area contributed by atoms with E-state index in [1.807, 2.05) is 0 Å². The van der Waals surface area contributed by atoms with E-state index >= 15 is 0 Å². The van der Waals surface area contributed by atoms with E-state index in [1.165, 1.54) is 17.9 Å². The van der Waals surface area contributed by atoms with Crippen LogP contribution in [0.1, 0.15) is 0 Å². The van der Waals surface area contributed by atoms with Crippen LogP contribution in [0, 0.1) is 0 Å². The van der Waals surface area contributed by atoms with Gasteiger partial charge in [-0.15, -0.1) is 0 Å². The molecule has 0 aromatic carbocycles. The summed E-state index contributed by atoms with van der Waals surface area (Å²) in [6.45, 7) is 0. The van der Waals surface area contributed by atoms with Gasteiger partial charge in [0.15, 0.2) is 5.75 Å². The van der Waals surface area contributed by atoms with Crippen molar-refractivity contribution in [1.82, 2.24) is 9.55 Å². The lowest BCUT2D eigenvalue weighted by Crippen LogP contribution is -2.18. The highest BCUT2D eigenvalue weighted by Gasteiger charge is 2.04. The Balaban J connectivity index is 2.56. The van der Waals surface area contributed by atoms with Crippen LogP contribution in [0.2, 0.25) is 5.15 Å². The van der Waals surface area contributed by atoms with Gasteiger partial charge in [-0.1, -0.05) is 11.6 Å². The molecule has 16 heavy (non-hydrogen) atoms.